The second-order valence-corrected chi connectivity index (χ2v) is 11.8. The fourth-order valence-corrected chi connectivity index (χ4v) is 6.25. The number of nitrogens with zero attached hydrogens (tertiary/aromatic N) is 4. The maximum Gasteiger partial charge on any atom is 0.272 e. The van der Waals surface area contributed by atoms with E-state index in [9.17, 15) is 18.4 Å². The van der Waals surface area contributed by atoms with Gasteiger partial charge in [0.15, 0.2) is 6.61 Å². The van der Waals surface area contributed by atoms with Gasteiger partial charge in [0.2, 0.25) is 5.88 Å². The van der Waals surface area contributed by atoms with Crippen LogP contribution in [0.25, 0.3) is 16.9 Å². The van der Waals surface area contributed by atoms with Crippen LogP contribution < -0.4 is 10.1 Å². The zero-order chi connectivity index (χ0) is 33.3. The average Bonchev–Trinajstić information content (AvgIpc) is 3.63. The van der Waals surface area contributed by atoms with Gasteiger partial charge in [0.1, 0.15) is 11.3 Å². The van der Waals surface area contributed by atoms with E-state index < -0.39 is 18.9 Å². The zero-order valence-electron chi connectivity index (χ0n) is 27.0. The Bertz CT molecular complexity index is 1650. The van der Waals surface area contributed by atoms with E-state index in [2.05, 4.69) is 27.3 Å². The fourth-order valence-electron chi connectivity index (χ4n) is 6.25. The minimum atomic E-state index is -2.72. The van der Waals surface area contributed by atoms with Crippen LogP contribution in [0.15, 0.2) is 72.9 Å². The summed E-state index contributed by atoms with van der Waals surface area (Å²) in [5.74, 6) is -0.185. The van der Waals surface area contributed by atoms with E-state index in [-0.39, 0.29) is 35.5 Å². The fraction of sp³-hybridized carbons (Fsp3) is 0.389. The van der Waals surface area contributed by atoms with Crippen LogP contribution >= 0.6 is 0 Å². The van der Waals surface area contributed by atoms with Gasteiger partial charge in [-0.05, 0) is 49.1 Å². The Morgan fingerprint density at radius 3 is 2.47 bits per heavy atom. The number of ether oxygens (including phenoxy) is 2. The lowest BCUT2D eigenvalue weighted by Crippen LogP contribution is -2.25. The van der Waals surface area contributed by atoms with Crippen molar-refractivity contribution in [2.75, 3.05) is 46.5 Å². The van der Waals surface area contributed by atoms with Crippen molar-refractivity contribution in [3.63, 3.8) is 0 Å². The standard InChI is InChI=1S/C36H41F2N5O4/c1-4-39-35(45)30-18-26(20-40-36(30)47-23-33(37)38)34-24(2)32(43(41-34)28-13-9-6-10-14-28)19-29(44)17-27-21-42(15-16-46-3)22-31(27)25-11-7-5-8-12-25/h5-14,18,20,27,31,33H,4,15-17,19,21-23H2,1-3H3,(H,39,45)/t27-,31+/m1/s1. The summed E-state index contributed by atoms with van der Waals surface area (Å²) in [5.41, 5.74) is 4.58. The number of aromatic nitrogens is 3. The number of likely N-dealkylation sites (tertiary alicyclic amines) is 1. The summed E-state index contributed by atoms with van der Waals surface area (Å²) in [6.45, 7) is 6.23. The number of alkyl halides is 2. The third-order valence-corrected chi connectivity index (χ3v) is 8.51. The zero-order valence-corrected chi connectivity index (χ0v) is 27.0. The highest BCUT2D eigenvalue weighted by atomic mass is 19.3. The molecule has 0 unspecified atom stereocenters. The summed E-state index contributed by atoms with van der Waals surface area (Å²) in [6.07, 6.45) is -0.687. The third-order valence-electron chi connectivity index (χ3n) is 8.51. The number of pyridine rings is 1. The predicted octanol–water partition coefficient (Wildman–Crippen LogP) is 5.50. The van der Waals surface area contributed by atoms with Crippen LogP contribution in [0.3, 0.4) is 0 Å². The van der Waals surface area contributed by atoms with Gasteiger partial charge in [0, 0.05) is 63.8 Å². The second kappa shape index (κ2) is 15.9. The number of amides is 1. The lowest BCUT2D eigenvalue weighted by Gasteiger charge is -2.18. The molecule has 5 rings (SSSR count). The van der Waals surface area contributed by atoms with Gasteiger partial charge in [0.05, 0.1) is 23.7 Å². The van der Waals surface area contributed by atoms with Gasteiger partial charge in [0.25, 0.3) is 12.3 Å². The normalized spacial score (nSPS) is 16.5. The van der Waals surface area contributed by atoms with Crippen LogP contribution in [0.5, 0.6) is 5.88 Å². The van der Waals surface area contributed by atoms with E-state index in [0.29, 0.717) is 30.8 Å². The van der Waals surface area contributed by atoms with Crippen LogP contribution in [-0.4, -0.2) is 84.3 Å². The van der Waals surface area contributed by atoms with Gasteiger partial charge in [-0.25, -0.2) is 18.4 Å². The van der Waals surface area contributed by atoms with Gasteiger partial charge in [-0.2, -0.15) is 5.10 Å². The number of methoxy groups -OCH3 is 1. The number of hydrogen-bond donors (Lipinski definition) is 1. The summed E-state index contributed by atoms with van der Waals surface area (Å²) < 4.78 is 38.1. The van der Waals surface area contributed by atoms with Crippen molar-refractivity contribution in [3.8, 4) is 22.8 Å². The van der Waals surface area contributed by atoms with Crippen LogP contribution in [-0.2, 0) is 16.0 Å². The summed E-state index contributed by atoms with van der Waals surface area (Å²) in [4.78, 5) is 33.4. The van der Waals surface area contributed by atoms with Gasteiger partial charge in [-0.15, -0.1) is 0 Å². The molecular formula is C36H41F2N5O4. The van der Waals surface area contributed by atoms with Crippen molar-refractivity contribution in [2.45, 2.75) is 39.0 Å². The lowest BCUT2D eigenvalue weighted by atomic mass is 9.85. The summed E-state index contributed by atoms with van der Waals surface area (Å²) in [7, 11) is 1.70. The molecule has 1 fully saturated rings. The Morgan fingerprint density at radius 2 is 1.79 bits per heavy atom. The Kier molecular flexibility index (Phi) is 11.4. The van der Waals surface area contributed by atoms with Crippen LogP contribution in [0, 0.1) is 12.8 Å². The Balaban J connectivity index is 1.46. The first-order chi connectivity index (χ1) is 22.8. The van der Waals surface area contributed by atoms with Crippen molar-refractivity contribution < 1.29 is 27.8 Å². The number of rotatable bonds is 15. The Morgan fingerprint density at radius 1 is 1.06 bits per heavy atom. The molecule has 1 amide bonds. The van der Waals surface area contributed by atoms with E-state index in [1.54, 1.807) is 24.8 Å². The highest BCUT2D eigenvalue weighted by molar-refractivity contribution is 5.97. The molecule has 1 aliphatic heterocycles. The number of benzene rings is 2. The number of halogens is 2. The molecular weight excluding hydrogens is 604 g/mol. The molecule has 1 saturated heterocycles. The maximum absolute atomic E-state index is 13.9. The van der Waals surface area contributed by atoms with E-state index in [4.69, 9.17) is 14.6 Å². The maximum atomic E-state index is 13.9. The molecule has 0 bridgehead atoms. The highest BCUT2D eigenvalue weighted by Gasteiger charge is 2.35. The molecule has 0 aliphatic carbocycles. The van der Waals surface area contributed by atoms with E-state index in [1.165, 1.54) is 11.8 Å². The molecule has 248 valence electrons. The summed E-state index contributed by atoms with van der Waals surface area (Å²) in [5, 5.41) is 7.59. The SMILES string of the molecule is CCNC(=O)c1cc(-c2nn(-c3ccccc3)c(CC(=O)C[C@@H]3CN(CCOC)C[C@H]3c3ccccc3)c2C)cnc1OCC(F)F. The molecule has 0 spiro atoms. The van der Waals surface area contributed by atoms with Crippen molar-refractivity contribution in [3.05, 3.63) is 95.3 Å². The minimum absolute atomic E-state index is 0.0301. The number of carbonyl (C=O) groups excluding carboxylic acids is 2. The molecule has 0 radical (unpaired) electrons. The average molecular weight is 646 g/mol. The number of para-hydroxylation sites is 1. The first-order valence-corrected chi connectivity index (χ1v) is 15.9. The molecule has 1 aliphatic rings. The summed E-state index contributed by atoms with van der Waals surface area (Å²) in [6, 6.07) is 21.4. The number of nitrogens with one attached hydrogen (secondary N) is 1. The molecule has 9 nitrogen and oxygen atoms in total. The van der Waals surface area contributed by atoms with Crippen LogP contribution in [0.1, 0.15) is 46.4 Å². The van der Waals surface area contributed by atoms with E-state index >= 15 is 0 Å². The largest absolute Gasteiger partial charge is 0.471 e. The van der Waals surface area contributed by atoms with E-state index in [0.717, 1.165) is 36.6 Å². The molecule has 1 N–H and O–H groups in total. The number of hydrogen-bond acceptors (Lipinski definition) is 7. The molecule has 2 aromatic carbocycles. The molecule has 2 atom stereocenters. The van der Waals surface area contributed by atoms with Crippen LogP contribution in [0.4, 0.5) is 8.78 Å². The van der Waals surface area contributed by atoms with E-state index in [1.807, 2.05) is 55.5 Å². The molecule has 4 aromatic rings. The number of carbonyl (C=O) groups is 2. The second-order valence-electron chi connectivity index (χ2n) is 11.8. The topological polar surface area (TPSA) is 98.6 Å². The highest BCUT2D eigenvalue weighted by Crippen LogP contribution is 2.36. The Hall–Kier alpha value is -4.48. The molecule has 3 heterocycles. The monoisotopic (exact) mass is 645 g/mol. The molecule has 11 heteroatoms. The quantitative estimate of drug-likeness (QED) is 0.182. The van der Waals surface area contributed by atoms with Crippen LogP contribution in [0.2, 0.25) is 0 Å². The van der Waals surface area contributed by atoms with Crippen molar-refractivity contribution in [1.29, 1.82) is 0 Å². The predicted molar refractivity (Wildman–Crippen MR) is 175 cm³/mol. The first-order valence-electron chi connectivity index (χ1n) is 15.9. The molecule has 2 aromatic heterocycles. The van der Waals surface area contributed by atoms with Crippen molar-refractivity contribution in [2.24, 2.45) is 5.92 Å². The number of Topliss-reactive ketones (excluding diaryl/α,β-unsaturated/α-hetero) is 1. The van der Waals surface area contributed by atoms with Gasteiger partial charge < -0.3 is 19.7 Å². The van der Waals surface area contributed by atoms with Gasteiger partial charge in [-0.3, -0.25) is 9.59 Å². The van der Waals surface area contributed by atoms with Gasteiger partial charge >= 0.3 is 0 Å². The van der Waals surface area contributed by atoms with Crippen molar-refractivity contribution >= 4 is 11.7 Å². The molecule has 0 saturated carbocycles. The third kappa shape index (κ3) is 8.28. The number of ketones is 1. The first kappa shape index (κ1) is 33.9. The minimum Gasteiger partial charge on any atom is -0.471 e. The summed E-state index contributed by atoms with van der Waals surface area (Å²) >= 11 is 0. The van der Waals surface area contributed by atoms with Gasteiger partial charge in [-0.1, -0.05) is 48.5 Å². The lowest BCUT2D eigenvalue weighted by molar-refractivity contribution is -0.119. The molecule has 47 heavy (non-hydrogen) atoms. The smallest absolute Gasteiger partial charge is 0.272 e. The van der Waals surface area contributed by atoms with Crippen molar-refractivity contribution in [1.82, 2.24) is 25.0 Å². The Labute approximate surface area is 273 Å².